The van der Waals surface area contributed by atoms with Crippen LogP contribution in [0.5, 0.6) is 0 Å². The van der Waals surface area contributed by atoms with Gasteiger partial charge in [0, 0.05) is 12.4 Å². The first kappa shape index (κ1) is 11.4. The van der Waals surface area contributed by atoms with E-state index >= 15 is 0 Å². The number of halogens is 2. The molecule has 16 heavy (non-hydrogen) atoms. The zero-order valence-electron chi connectivity index (χ0n) is 8.54. The van der Waals surface area contributed by atoms with Gasteiger partial charge in [-0.2, -0.15) is 0 Å². The van der Waals surface area contributed by atoms with E-state index in [4.69, 9.17) is 11.6 Å². The third-order valence-corrected chi connectivity index (χ3v) is 2.71. The van der Waals surface area contributed by atoms with E-state index in [-0.39, 0.29) is 0 Å². The number of nitrogens with zero attached hydrogens (tertiary/aromatic N) is 2. The van der Waals surface area contributed by atoms with Crippen LogP contribution in [0, 0.1) is 6.92 Å². The molecule has 0 aliphatic carbocycles. The van der Waals surface area contributed by atoms with E-state index in [9.17, 15) is 0 Å². The smallest absolute Gasteiger partial charge is 0.227 e. The molecule has 0 atom stereocenters. The molecule has 1 aromatic heterocycles. The lowest BCUT2D eigenvalue weighted by atomic mass is 10.2. The third-order valence-electron chi connectivity index (χ3n) is 1.99. The fourth-order valence-corrected chi connectivity index (χ4v) is 1.71. The van der Waals surface area contributed by atoms with Gasteiger partial charge in [0.05, 0.1) is 15.2 Å². The van der Waals surface area contributed by atoms with Crippen molar-refractivity contribution in [2.75, 3.05) is 5.32 Å². The lowest BCUT2D eigenvalue weighted by Gasteiger charge is -2.07. The molecule has 0 aliphatic rings. The van der Waals surface area contributed by atoms with Gasteiger partial charge in [-0.1, -0.05) is 17.7 Å². The van der Waals surface area contributed by atoms with Gasteiger partial charge >= 0.3 is 0 Å². The van der Waals surface area contributed by atoms with E-state index in [1.165, 1.54) is 0 Å². The maximum Gasteiger partial charge on any atom is 0.227 e. The molecule has 82 valence electrons. The van der Waals surface area contributed by atoms with Crippen molar-refractivity contribution in [3.05, 3.63) is 45.7 Å². The fraction of sp³-hybridized carbons (Fsp3) is 0.0909. The molecule has 0 unspecified atom stereocenters. The average Bonchev–Trinajstić information content (AvgIpc) is 2.25. The molecule has 1 N–H and O–H groups in total. The van der Waals surface area contributed by atoms with Crippen molar-refractivity contribution in [1.82, 2.24) is 9.97 Å². The molecule has 0 fully saturated rings. The highest BCUT2D eigenvalue weighted by atomic mass is 79.9. The minimum absolute atomic E-state index is 0.522. The van der Waals surface area contributed by atoms with E-state index in [0.29, 0.717) is 11.0 Å². The van der Waals surface area contributed by atoms with Gasteiger partial charge in [-0.15, -0.1) is 0 Å². The van der Waals surface area contributed by atoms with Crippen molar-refractivity contribution in [3.63, 3.8) is 0 Å². The highest BCUT2D eigenvalue weighted by Crippen LogP contribution is 2.24. The molecule has 1 aromatic carbocycles. The molecule has 0 aliphatic heterocycles. The maximum atomic E-state index is 6.08. The topological polar surface area (TPSA) is 37.8 Å². The lowest BCUT2D eigenvalue weighted by Crippen LogP contribution is -1.96. The summed E-state index contributed by atoms with van der Waals surface area (Å²) in [6, 6.07) is 5.78. The van der Waals surface area contributed by atoms with E-state index in [1.807, 2.05) is 25.1 Å². The summed E-state index contributed by atoms with van der Waals surface area (Å²) in [5, 5.41) is 3.71. The minimum Gasteiger partial charge on any atom is -0.323 e. The van der Waals surface area contributed by atoms with Gasteiger partial charge < -0.3 is 5.32 Å². The largest absolute Gasteiger partial charge is 0.323 e. The lowest BCUT2D eigenvalue weighted by molar-refractivity contribution is 1.15. The van der Waals surface area contributed by atoms with Crippen LogP contribution in [0.1, 0.15) is 5.56 Å². The number of hydrogen-bond donors (Lipinski definition) is 1. The van der Waals surface area contributed by atoms with Gasteiger partial charge in [-0.05, 0) is 40.5 Å². The Balaban J connectivity index is 2.23. The molecule has 1 heterocycles. The Bertz CT molecular complexity index is 499. The van der Waals surface area contributed by atoms with Gasteiger partial charge in [-0.25, -0.2) is 9.97 Å². The Morgan fingerprint density at radius 1 is 1.25 bits per heavy atom. The summed E-state index contributed by atoms with van der Waals surface area (Å²) in [7, 11) is 0. The minimum atomic E-state index is 0.522. The SMILES string of the molecule is Cc1ccc(Nc2ncc(Br)cn2)c(Cl)c1. The van der Waals surface area contributed by atoms with Gasteiger partial charge in [0.15, 0.2) is 0 Å². The van der Waals surface area contributed by atoms with Gasteiger partial charge in [0.2, 0.25) is 5.95 Å². The van der Waals surface area contributed by atoms with Gasteiger partial charge in [0.25, 0.3) is 0 Å². The van der Waals surface area contributed by atoms with Crippen LogP contribution < -0.4 is 5.32 Å². The number of rotatable bonds is 2. The van der Waals surface area contributed by atoms with Crippen molar-refractivity contribution in [2.45, 2.75) is 6.92 Å². The highest BCUT2D eigenvalue weighted by Gasteiger charge is 2.02. The summed E-state index contributed by atoms with van der Waals surface area (Å²) in [6.07, 6.45) is 3.36. The summed E-state index contributed by atoms with van der Waals surface area (Å²) in [5.74, 6) is 0.522. The van der Waals surface area contributed by atoms with E-state index in [2.05, 4.69) is 31.2 Å². The summed E-state index contributed by atoms with van der Waals surface area (Å²) in [5.41, 5.74) is 1.92. The Kier molecular flexibility index (Phi) is 3.41. The zero-order valence-corrected chi connectivity index (χ0v) is 10.9. The number of benzene rings is 1. The van der Waals surface area contributed by atoms with Crippen molar-refractivity contribution in [1.29, 1.82) is 0 Å². The number of hydrogen-bond acceptors (Lipinski definition) is 3. The second-order valence-corrected chi connectivity index (χ2v) is 4.66. The summed E-state index contributed by atoms with van der Waals surface area (Å²) >= 11 is 9.36. The number of aromatic nitrogens is 2. The normalized spacial score (nSPS) is 10.2. The average molecular weight is 299 g/mol. The molecule has 3 nitrogen and oxygen atoms in total. The molecule has 2 aromatic rings. The van der Waals surface area contributed by atoms with E-state index < -0.39 is 0 Å². The second kappa shape index (κ2) is 4.80. The third kappa shape index (κ3) is 2.71. The van der Waals surface area contributed by atoms with Crippen molar-refractivity contribution >= 4 is 39.2 Å². The monoisotopic (exact) mass is 297 g/mol. The summed E-state index contributed by atoms with van der Waals surface area (Å²) in [4.78, 5) is 8.22. The highest BCUT2D eigenvalue weighted by molar-refractivity contribution is 9.10. The molecular weight excluding hydrogens is 289 g/mol. The molecule has 0 radical (unpaired) electrons. The molecule has 2 rings (SSSR count). The van der Waals surface area contributed by atoms with Crippen LogP contribution in [-0.4, -0.2) is 9.97 Å². The number of nitrogens with one attached hydrogen (secondary N) is 1. The van der Waals surface area contributed by atoms with Crippen LogP contribution >= 0.6 is 27.5 Å². The molecule has 0 spiro atoms. The zero-order chi connectivity index (χ0) is 11.5. The van der Waals surface area contributed by atoms with Crippen molar-refractivity contribution in [3.8, 4) is 0 Å². The summed E-state index contributed by atoms with van der Waals surface area (Å²) < 4.78 is 0.841. The van der Waals surface area contributed by atoms with Crippen LogP contribution in [0.3, 0.4) is 0 Å². The molecule has 5 heteroatoms. The molecule has 0 saturated heterocycles. The van der Waals surface area contributed by atoms with Crippen molar-refractivity contribution < 1.29 is 0 Å². The standard InChI is InChI=1S/C11H9BrClN3/c1-7-2-3-10(9(13)4-7)16-11-14-5-8(12)6-15-11/h2-6H,1H3,(H,14,15,16). The molecule has 0 amide bonds. The van der Waals surface area contributed by atoms with Crippen LogP contribution in [0.25, 0.3) is 0 Å². The van der Waals surface area contributed by atoms with Crippen LogP contribution in [-0.2, 0) is 0 Å². The molecule has 0 saturated carbocycles. The summed E-state index contributed by atoms with van der Waals surface area (Å²) in [6.45, 7) is 1.99. The quantitative estimate of drug-likeness (QED) is 0.912. The van der Waals surface area contributed by atoms with Crippen molar-refractivity contribution in [2.24, 2.45) is 0 Å². The van der Waals surface area contributed by atoms with Crippen LogP contribution in [0.15, 0.2) is 35.1 Å². The fourth-order valence-electron chi connectivity index (χ4n) is 1.22. The Morgan fingerprint density at radius 2 is 1.94 bits per heavy atom. The Hall–Kier alpha value is -1.13. The van der Waals surface area contributed by atoms with Gasteiger partial charge in [-0.3, -0.25) is 0 Å². The van der Waals surface area contributed by atoms with E-state index in [1.54, 1.807) is 12.4 Å². The first-order valence-corrected chi connectivity index (χ1v) is 5.83. The van der Waals surface area contributed by atoms with Crippen LogP contribution in [0.4, 0.5) is 11.6 Å². The Morgan fingerprint density at radius 3 is 2.56 bits per heavy atom. The molecule has 0 bridgehead atoms. The number of anilines is 2. The number of aryl methyl sites for hydroxylation is 1. The predicted octanol–water partition coefficient (Wildman–Crippen LogP) is 3.94. The first-order chi connectivity index (χ1) is 7.65. The van der Waals surface area contributed by atoms with Gasteiger partial charge in [0.1, 0.15) is 0 Å². The first-order valence-electron chi connectivity index (χ1n) is 4.66. The Labute approximate surface area is 107 Å². The van der Waals surface area contributed by atoms with Crippen LogP contribution in [0.2, 0.25) is 5.02 Å². The van der Waals surface area contributed by atoms with E-state index in [0.717, 1.165) is 15.7 Å². The molecular formula is C11H9BrClN3. The maximum absolute atomic E-state index is 6.08. The predicted molar refractivity (Wildman–Crippen MR) is 69.2 cm³/mol. The second-order valence-electron chi connectivity index (χ2n) is 3.33.